The van der Waals surface area contributed by atoms with Crippen LogP contribution in [-0.4, -0.2) is 74.9 Å². The van der Waals surface area contributed by atoms with E-state index in [-0.39, 0.29) is 47.1 Å². The van der Waals surface area contributed by atoms with Crippen molar-refractivity contribution in [2.75, 3.05) is 6.61 Å². The maximum atomic E-state index is 12.4. The minimum Gasteiger partial charge on any atom is -0.458 e. The maximum Gasteiger partial charge on any atom is 0.331 e. The van der Waals surface area contributed by atoms with Gasteiger partial charge in [0.05, 0.1) is 29.5 Å². The molecule has 2 heterocycles. The van der Waals surface area contributed by atoms with Crippen molar-refractivity contribution in [3.63, 3.8) is 0 Å². The highest BCUT2D eigenvalue weighted by atomic mass is 16.7. The van der Waals surface area contributed by atoms with Crippen molar-refractivity contribution in [1.29, 1.82) is 0 Å². The van der Waals surface area contributed by atoms with Crippen LogP contribution in [0.25, 0.3) is 0 Å². The third kappa shape index (κ3) is 3.73. The van der Waals surface area contributed by atoms with Gasteiger partial charge < -0.3 is 34.6 Å². The van der Waals surface area contributed by atoms with E-state index >= 15 is 0 Å². The average Bonchev–Trinajstić information content (AvgIpc) is 3.38. The number of carbonyl (C=O) groups excluding carboxylic acids is 1. The second kappa shape index (κ2) is 8.73. The second-order valence-electron chi connectivity index (χ2n) is 13.6. The summed E-state index contributed by atoms with van der Waals surface area (Å²) in [6, 6.07) is 0. The largest absolute Gasteiger partial charge is 0.458 e. The summed E-state index contributed by atoms with van der Waals surface area (Å²) < 4.78 is 17.3. The Balaban J connectivity index is 1.19. The number of hydrogen-bond acceptors (Lipinski definition) is 8. The molecule has 4 aliphatic carbocycles. The summed E-state index contributed by atoms with van der Waals surface area (Å²) in [6.45, 7) is 6.53. The molecular weight excluding hydrogens is 476 g/mol. The Bertz CT molecular complexity index is 956. The Hall–Kier alpha value is -1.03. The number of carbonyl (C=O) groups is 1. The van der Waals surface area contributed by atoms with Crippen molar-refractivity contribution in [3.8, 4) is 0 Å². The molecule has 0 amide bonds. The van der Waals surface area contributed by atoms with Gasteiger partial charge in [0.25, 0.3) is 0 Å². The van der Waals surface area contributed by atoms with Crippen LogP contribution in [0.4, 0.5) is 0 Å². The van der Waals surface area contributed by atoms with Gasteiger partial charge in [-0.05, 0) is 87.0 Å². The Morgan fingerprint density at radius 2 is 1.70 bits per heavy atom. The molecule has 6 rings (SSSR count). The number of fused-ring (bicyclic) bond motifs is 5. The van der Waals surface area contributed by atoms with Gasteiger partial charge in [-0.1, -0.05) is 13.8 Å². The molecule has 12 atom stereocenters. The molecule has 4 saturated carbocycles. The fourth-order valence-electron chi connectivity index (χ4n) is 9.81. The molecule has 0 spiro atoms. The zero-order valence-electron chi connectivity index (χ0n) is 22.4. The van der Waals surface area contributed by atoms with Crippen molar-refractivity contribution in [2.45, 2.75) is 127 Å². The van der Waals surface area contributed by atoms with E-state index < -0.39 is 35.8 Å². The molecule has 2 aliphatic heterocycles. The Labute approximate surface area is 219 Å². The third-order valence-corrected chi connectivity index (χ3v) is 12.1. The zero-order chi connectivity index (χ0) is 26.4. The molecule has 0 aromatic heterocycles. The first-order chi connectivity index (χ1) is 17.4. The highest BCUT2D eigenvalue weighted by Crippen LogP contribution is 2.70. The quantitative estimate of drug-likeness (QED) is 0.331. The minimum atomic E-state index is -0.912. The first-order valence-electron chi connectivity index (χ1n) is 14.4. The predicted molar refractivity (Wildman–Crippen MR) is 133 cm³/mol. The molecule has 1 unspecified atom stereocenters. The monoisotopic (exact) mass is 520 g/mol. The molecule has 8 heteroatoms. The van der Waals surface area contributed by atoms with Gasteiger partial charge in [0.15, 0.2) is 6.29 Å². The Morgan fingerprint density at radius 1 is 0.973 bits per heavy atom. The maximum absolute atomic E-state index is 12.4. The lowest BCUT2D eigenvalue weighted by atomic mass is 9.42. The zero-order valence-corrected chi connectivity index (χ0v) is 22.4. The summed E-state index contributed by atoms with van der Waals surface area (Å²) in [7, 11) is 0. The minimum absolute atomic E-state index is 0.122. The molecular formula is C29H44O8. The van der Waals surface area contributed by atoms with Crippen LogP contribution in [0.3, 0.4) is 0 Å². The number of esters is 1. The summed E-state index contributed by atoms with van der Waals surface area (Å²) in [5.74, 6) is 0.240. The molecule has 37 heavy (non-hydrogen) atoms. The summed E-state index contributed by atoms with van der Waals surface area (Å²) >= 11 is 0. The molecule has 5 fully saturated rings. The number of hydrogen-bond donors (Lipinski definition) is 4. The number of aliphatic hydroxyl groups excluding tert-OH is 2. The Kier molecular flexibility index (Phi) is 6.19. The average molecular weight is 521 g/mol. The second-order valence-corrected chi connectivity index (χ2v) is 13.6. The van der Waals surface area contributed by atoms with E-state index in [2.05, 4.69) is 13.8 Å². The molecule has 4 N–H and O–H groups in total. The van der Waals surface area contributed by atoms with E-state index in [1.54, 1.807) is 13.0 Å². The first-order valence-corrected chi connectivity index (χ1v) is 14.4. The third-order valence-electron chi connectivity index (χ3n) is 12.1. The first kappa shape index (κ1) is 26.2. The van der Waals surface area contributed by atoms with Crippen LogP contribution in [0, 0.1) is 28.6 Å². The SMILES string of the molecule is C[C@H]1OC(O[C@H]2CC[C@]3(C)[C@H]4CC[C@]5(C)[C@@H](C6=CC(=O)OC6)CC[C@]5(O)[C@@H]4CC[C@]3(O)C2)C[C@H](O)[C@@H]1O. The van der Waals surface area contributed by atoms with Gasteiger partial charge >= 0.3 is 5.97 Å². The molecule has 6 aliphatic rings. The Morgan fingerprint density at radius 3 is 2.41 bits per heavy atom. The standard InChI is InChI=1S/C29H44O8/c1-16-25(32)22(30)13-24(36-16)37-18-4-8-26(2)20-5-9-27(3)19(17-12-23(31)35-15-17)7-11-29(27,34)21(20)6-10-28(26,33)14-18/h12,16,18-22,24-25,30,32-34H,4-11,13-15H2,1-3H3/t16-,18+,19-,20+,21-,22+,24?,25-,26-,27-,28+,29+/m1/s1. The summed E-state index contributed by atoms with van der Waals surface area (Å²) in [5, 5.41) is 44.6. The van der Waals surface area contributed by atoms with Gasteiger partial charge in [-0.2, -0.15) is 0 Å². The highest BCUT2D eigenvalue weighted by molar-refractivity contribution is 5.85. The van der Waals surface area contributed by atoms with Crippen LogP contribution in [0.2, 0.25) is 0 Å². The molecule has 1 saturated heterocycles. The van der Waals surface area contributed by atoms with E-state index in [1.165, 1.54) is 0 Å². The van der Waals surface area contributed by atoms with Gasteiger partial charge in [0.2, 0.25) is 0 Å². The molecule has 8 nitrogen and oxygen atoms in total. The predicted octanol–water partition coefficient (Wildman–Crippen LogP) is 2.60. The van der Waals surface area contributed by atoms with Crippen molar-refractivity contribution in [3.05, 3.63) is 11.6 Å². The number of ether oxygens (including phenoxy) is 3. The van der Waals surface area contributed by atoms with Gasteiger partial charge in [-0.15, -0.1) is 0 Å². The smallest absolute Gasteiger partial charge is 0.331 e. The van der Waals surface area contributed by atoms with Crippen molar-refractivity contribution in [1.82, 2.24) is 0 Å². The van der Waals surface area contributed by atoms with Crippen LogP contribution in [0.5, 0.6) is 0 Å². The van der Waals surface area contributed by atoms with Crippen LogP contribution in [0.1, 0.15) is 85.0 Å². The highest BCUT2D eigenvalue weighted by Gasteiger charge is 2.70. The van der Waals surface area contributed by atoms with Crippen LogP contribution < -0.4 is 0 Å². The fraction of sp³-hybridized carbons (Fsp3) is 0.897. The van der Waals surface area contributed by atoms with Crippen molar-refractivity contribution >= 4 is 5.97 Å². The number of cyclic esters (lactones) is 1. The number of aliphatic hydroxyl groups is 4. The summed E-state index contributed by atoms with van der Waals surface area (Å²) in [4.78, 5) is 11.8. The molecule has 0 radical (unpaired) electrons. The van der Waals surface area contributed by atoms with Gasteiger partial charge in [-0.3, -0.25) is 0 Å². The van der Waals surface area contributed by atoms with E-state index in [4.69, 9.17) is 14.2 Å². The topological polar surface area (TPSA) is 126 Å². The van der Waals surface area contributed by atoms with Gasteiger partial charge in [0.1, 0.15) is 12.7 Å². The van der Waals surface area contributed by atoms with E-state index in [1.807, 2.05) is 0 Å². The van der Waals surface area contributed by atoms with Gasteiger partial charge in [-0.25, -0.2) is 4.79 Å². The summed E-state index contributed by atoms with van der Waals surface area (Å²) in [5.41, 5.74) is -1.26. The summed E-state index contributed by atoms with van der Waals surface area (Å²) in [6.07, 6.45) is 5.78. The molecule has 0 bridgehead atoms. The van der Waals surface area contributed by atoms with Crippen LogP contribution in [-0.2, 0) is 19.0 Å². The lowest BCUT2D eigenvalue weighted by molar-refractivity contribution is -0.290. The van der Waals surface area contributed by atoms with E-state index in [9.17, 15) is 25.2 Å². The van der Waals surface area contributed by atoms with E-state index in [0.717, 1.165) is 50.5 Å². The lowest BCUT2D eigenvalue weighted by Gasteiger charge is -2.66. The van der Waals surface area contributed by atoms with E-state index in [0.29, 0.717) is 19.4 Å². The van der Waals surface area contributed by atoms with Crippen molar-refractivity contribution < 1.29 is 39.4 Å². The normalized spacial score (nSPS) is 55.6. The van der Waals surface area contributed by atoms with Crippen LogP contribution in [0.15, 0.2) is 11.6 Å². The molecule has 208 valence electrons. The molecule has 0 aromatic rings. The van der Waals surface area contributed by atoms with Crippen LogP contribution >= 0.6 is 0 Å². The van der Waals surface area contributed by atoms with Gasteiger partial charge in [0, 0.05) is 24.3 Å². The molecule has 0 aromatic carbocycles. The number of rotatable bonds is 3. The lowest BCUT2D eigenvalue weighted by Crippen LogP contribution is -2.67. The fourth-order valence-corrected chi connectivity index (χ4v) is 9.81. The van der Waals surface area contributed by atoms with Crippen molar-refractivity contribution in [2.24, 2.45) is 28.6 Å².